The molecule has 0 amide bonds. The molecule has 3 heterocycles. The summed E-state index contributed by atoms with van der Waals surface area (Å²) >= 11 is 0. The maximum absolute atomic E-state index is 9.40. The van der Waals surface area contributed by atoms with Crippen molar-refractivity contribution < 1.29 is 14.6 Å². The van der Waals surface area contributed by atoms with Crippen LogP contribution in [0.4, 0.5) is 0 Å². The second-order valence-electron chi connectivity index (χ2n) is 4.14. The Balaban J connectivity index is 1.81. The smallest absolute Gasteiger partial charge is 0.0891 e. The summed E-state index contributed by atoms with van der Waals surface area (Å²) in [7, 11) is 0. The monoisotopic (exact) mass is 170 g/mol. The van der Waals surface area contributed by atoms with Crippen LogP contribution in [-0.4, -0.2) is 36.1 Å². The number of hydrogen-bond donors (Lipinski definition) is 1. The van der Waals surface area contributed by atoms with Crippen molar-refractivity contribution in [1.29, 1.82) is 0 Å². The van der Waals surface area contributed by atoms with Gasteiger partial charge < -0.3 is 14.6 Å². The summed E-state index contributed by atoms with van der Waals surface area (Å²) in [6, 6.07) is 0. The van der Waals surface area contributed by atoms with Crippen LogP contribution in [0.5, 0.6) is 0 Å². The van der Waals surface area contributed by atoms with Gasteiger partial charge in [0.05, 0.1) is 31.0 Å². The van der Waals surface area contributed by atoms with Gasteiger partial charge in [-0.1, -0.05) is 0 Å². The van der Waals surface area contributed by atoms with Crippen LogP contribution in [-0.2, 0) is 9.47 Å². The molecule has 3 aliphatic heterocycles. The van der Waals surface area contributed by atoms with Crippen molar-refractivity contribution in [1.82, 2.24) is 0 Å². The van der Waals surface area contributed by atoms with Gasteiger partial charge in [0.15, 0.2) is 0 Å². The van der Waals surface area contributed by atoms with Gasteiger partial charge in [0.1, 0.15) is 0 Å². The number of hydrogen-bond acceptors (Lipinski definition) is 3. The lowest BCUT2D eigenvalue weighted by atomic mass is 9.81. The highest BCUT2D eigenvalue weighted by Crippen LogP contribution is 2.44. The van der Waals surface area contributed by atoms with Crippen LogP contribution in [0.2, 0.25) is 0 Å². The van der Waals surface area contributed by atoms with Crippen molar-refractivity contribution in [3.05, 3.63) is 0 Å². The number of fused-ring (bicyclic) bond motifs is 5. The summed E-state index contributed by atoms with van der Waals surface area (Å²) < 4.78 is 11.3. The van der Waals surface area contributed by atoms with Crippen molar-refractivity contribution in [3.63, 3.8) is 0 Å². The van der Waals surface area contributed by atoms with E-state index >= 15 is 0 Å². The highest BCUT2D eigenvalue weighted by molar-refractivity contribution is 5.00. The number of aliphatic hydroxyl groups excluding tert-OH is 1. The molecule has 0 radical (unpaired) electrons. The van der Waals surface area contributed by atoms with E-state index in [1.54, 1.807) is 0 Å². The highest BCUT2D eigenvalue weighted by atomic mass is 16.6. The largest absolute Gasteiger partial charge is 0.391 e. The summed E-state index contributed by atoms with van der Waals surface area (Å²) in [6.07, 6.45) is 3.97. The fourth-order valence-corrected chi connectivity index (χ4v) is 2.85. The predicted molar refractivity (Wildman–Crippen MR) is 41.7 cm³/mol. The third-order valence-corrected chi connectivity index (χ3v) is 3.38. The molecule has 3 heteroatoms. The van der Waals surface area contributed by atoms with E-state index in [0.717, 1.165) is 12.8 Å². The van der Waals surface area contributed by atoms with Crippen LogP contribution in [0.1, 0.15) is 19.3 Å². The molecule has 3 nitrogen and oxygen atoms in total. The van der Waals surface area contributed by atoms with Crippen molar-refractivity contribution in [3.8, 4) is 0 Å². The van der Waals surface area contributed by atoms with Gasteiger partial charge in [-0.3, -0.25) is 0 Å². The standard InChI is InChI=1S/C9H14O3/c10-5-3-6-7-1-2-8(12-7)9(6)11-4-5/h5-10H,1-4H2/t5?,6-,7+,8-,9-/m1/s1. The van der Waals surface area contributed by atoms with Gasteiger partial charge in [0.2, 0.25) is 0 Å². The van der Waals surface area contributed by atoms with Gasteiger partial charge in [-0.2, -0.15) is 0 Å². The first-order chi connectivity index (χ1) is 5.84. The number of ether oxygens (including phenoxy) is 2. The first kappa shape index (κ1) is 7.30. The third kappa shape index (κ3) is 0.873. The van der Waals surface area contributed by atoms with Gasteiger partial charge in [0.25, 0.3) is 0 Å². The molecule has 3 rings (SSSR count). The Morgan fingerprint density at radius 3 is 2.92 bits per heavy atom. The summed E-state index contributed by atoms with van der Waals surface area (Å²) in [5.74, 6) is 0.479. The van der Waals surface area contributed by atoms with E-state index in [0.29, 0.717) is 30.8 Å². The summed E-state index contributed by atoms with van der Waals surface area (Å²) in [6.45, 7) is 0.508. The lowest BCUT2D eigenvalue weighted by Crippen LogP contribution is -2.43. The molecule has 68 valence electrons. The Morgan fingerprint density at radius 1 is 1.17 bits per heavy atom. The molecular formula is C9H14O3. The number of aliphatic hydroxyl groups is 1. The summed E-state index contributed by atoms with van der Waals surface area (Å²) in [5, 5.41) is 9.40. The zero-order chi connectivity index (χ0) is 8.13. The van der Waals surface area contributed by atoms with Crippen LogP contribution in [0, 0.1) is 5.92 Å². The van der Waals surface area contributed by atoms with Crippen LogP contribution in [0.15, 0.2) is 0 Å². The fraction of sp³-hybridized carbons (Fsp3) is 1.00. The summed E-state index contributed by atoms with van der Waals surface area (Å²) in [4.78, 5) is 0. The molecule has 0 saturated carbocycles. The quantitative estimate of drug-likeness (QED) is 0.568. The average Bonchev–Trinajstić information content (AvgIpc) is 2.63. The van der Waals surface area contributed by atoms with Gasteiger partial charge in [-0.15, -0.1) is 0 Å². The second-order valence-corrected chi connectivity index (χ2v) is 4.14. The van der Waals surface area contributed by atoms with Crippen LogP contribution in [0.3, 0.4) is 0 Å². The van der Waals surface area contributed by atoms with Gasteiger partial charge in [0, 0.05) is 5.92 Å². The molecule has 1 unspecified atom stereocenters. The van der Waals surface area contributed by atoms with E-state index < -0.39 is 0 Å². The van der Waals surface area contributed by atoms with Gasteiger partial charge >= 0.3 is 0 Å². The van der Waals surface area contributed by atoms with Crippen molar-refractivity contribution in [2.24, 2.45) is 5.92 Å². The van der Waals surface area contributed by atoms with Crippen molar-refractivity contribution >= 4 is 0 Å². The molecule has 0 aliphatic carbocycles. The third-order valence-electron chi connectivity index (χ3n) is 3.38. The van der Waals surface area contributed by atoms with E-state index in [9.17, 15) is 5.11 Å². The molecule has 0 aromatic heterocycles. The van der Waals surface area contributed by atoms with Crippen LogP contribution >= 0.6 is 0 Å². The molecule has 3 saturated heterocycles. The normalized spacial score (nSPS) is 57.2. The van der Waals surface area contributed by atoms with Crippen LogP contribution in [0.25, 0.3) is 0 Å². The molecule has 2 bridgehead atoms. The Hall–Kier alpha value is -0.120. The summed E-state index contributed by atoms with van der Waals surface area (Å²) in [5.41, 5.74) is 0. The lowest BCUT2D eigenvalue weighted by molar-refractivity contribution is -0.0945. The Bertz CT molecular complexity index is 194. The number of rotatable bonds is 0. The van der Waals surface area contributed by atoms with Crippen molar-refractivity contribution in [2.45, 2.75) is 43.7 Å². The molecule has 0 aromatic rings. The van der Waals surface area contributed by atoms with E-state index in [-0.39, 0.29) is 6.10 Å². The van der Waals surface area contributed by atoms with E-state index in [2.05, 4.69) is 0 Å². The molecule has 0 spiro atoms. The van der Waals surface area contributed by atoms with E-state index in [1.807, 2.05) is 0 Å². The second kappa shape index (κ2) is 2.44. The fourth-order valence-electron chi connectivity index (χ4n) is 2.85. The highest BCUT2D eigenvalue weighted by Gasteiger charge is 2.51. The topological polar surface area (TPSA) is 38.7 Å². The maximum atomic E-state index is 9.40. The van der Waals surface area contributed by atoms with Gasteiger partial charge in [-0.25, -0.2) is 0 Å². The minimum atomic E-state index is -0.255. The Labute approximate surface area is 71.7 Å². The van der Waals surface area contributed by atoms with Crippen LogP contribution < -0.4 is 0 Å². The minimum absolute atomic E-state index is 0.255. The Morgan fingerprint density at radius 2 is 2.00 bits per heavy atom. The lowest BCUT2D eigenvalue weighted by Gasteiger charge is -2.34. The molecule has 5 atom stereocenters. The van der Waals surface area contributed by atoms with E-state index in [1.165, 1.54) is 6.42 Å². The Kier molecular flexibility index (Phi) is 1.48. The molecule has 0 aromatic carbocycles. The van der Waals surface area contributed by atoms with Gasteiger partial charge in [-0.05, 0) is 19.3 Å². The van der Waals surface area contributed by atoms with E-state index in [4.69, 9.17) is 9.47 Å². The molecule has 3 aliphatic rings. The molecule has 12 heavy (non-hydrogen) atoms. The van der Waals surface area contributed by atoms with Crippen molar-refractivity contribution in [2.75, 3.05) is 6.61 Å². The first-order valence-corrected chi connectivity index (χ1v) is 4.80. The zero-order valence-electron chi connectivity index (χ0n) is 6.98. The molecule has 1 N–H and O–H groups in total. The zero-order valence-corrected chi connectivity index (χ0v) is 6.98. The molecule has 3 fully saturated rings. The maximum Gasteiger partial charge on any atom is 0.0891 e. The first-order valence-electron chi connectivity index (χ1n) is 4.80. The SMILES string of the molecule is OC1CO[C@@H]2[C@H](C1)[C@@H]1CC[C@H]2O1. The predicted octanol–water partition coefficient (Wildman–Crippen LogP) is 0.314. The average molecular weight is 170 g/mol. The molecular weight excluding hydrogens is 156 g/mol. The minimum Gasteiger partial charge on any atom is -0.391 e.